The van der Waals surface area contributed by atoms with E-state index in [1.807, 2.05) is 6.07 Å². The first-order chi connectivity index (χ1) is 11.1. The summed E-state index contributed by atoms with van der Waals surface area (Å²) in [5.74, 6) is 0.989. The van der Waals surface area contributed by atoms with Gasteiger partial charge in [0, 0.05) is 6.42 Å². The molecule has 1 heterocycles. The molecule has 2 N–H and O–H groups in total. The molecule has 1 saturated heterocycles. The highest BCUT2D eigenvalue weighted by atomic mass is 35.5. The lowest BCUT2D eigenvalue weighted by atomic mass is 9.80. The van der Waals surface area contributed by atoms with Gasteiger partial charge in [-0.3, -0.25) is 4.79 Å². The van der Waals surface area contributed by atoms with Crippen molar-refractivity contribution in [3.05, 3.63) is 35.1 Å². The highest BCUT2D eigenvalue weighted by Gasteiger charge is 2.29. The van der Waals surface area contributed by atoms with E-state index in [1.54, 1.807) is 6.07 Å². The van der Waals surface area contributed by atoms with Crippen molar-refractivity contribution in [2.75, 3.05) is 13.1 Å². The van der Waals surface area contributed by atoms with E-state index in [-0.39, 0.29) is 30.2 Å². The molecule has 1 amide bonds. The molecule has 0 saturated carbocycles. The number of hydrogen-bond acceptors (Lipinski definition) is 2. The van der Waals surface area contributed by atoms with Crippen molar-refractivity contribution >= 4 is 18.3 Å². The summed E-state index contributed by atoms with van der Waals surface area (Å²) in [5, 5.41) is 6.52. The van der Waals surface area contributed by atoms with Crippen molar-refractivity contribution in [3.8, 4) is 0 Å². The lowest BCUT2D eigenvalue weighted by Gasteiger charge is -2.32. The Hall–Kier alpha value is -1.13. The topological polar surface area (TPSA) is 41.1 Å². The molecule has 0 aromatic heterocycles. The summed E-state index contributed by atoms with van der Waals surface area (Å²) < 4.78 is 14.0. The van der Waals surface area contributed by atoms with E-state index in [1.165, 1.54) is 18.9 Å². The van der Waals surface area contributed by atoms with Gasteiger partial charge in [0.25, 0.3) is 0 Å². The van der Waals surface area contributed by atoms with E-state index in [0.29, 0.717) is 18.3 Å². The molecule has 1 aromatic carbocycles. The van der Waals surface area contributed by atoms with Crippen LogP contribution in [0.4, 0.5) is 4.39 Å². The van der Waals surface area contributed by atoms with E-state index >= 15 is 0 Å². The van der Waals surface area contributed by atoms with Crippen LogP contribution in [0.3, 0.4) is 0 Å². The number of rotatable bonds is 4. The van der Waals surface area contributed by atoms with Gasteiger partial charge in [-0.2, -0.15) is 0 Å². The SMILES string of the molecule is CC1CCc2c(F)cccc2C1NC(=O)CCC1CCNCC1.Cl. The Morgan fingerprint density at radius 1 is 1.29 bits per heavy atom. The quantitative estimate of drug-likeness (QED) is 0.864. The van der Waals surface area contributed by atoms with E-state index in [2.05, 4.69) is 17.6 Å². The molecule has 0 spiro atoms. The number of piperidine rings is 1. The molecule has 0 bridgehead atoms. The standard InChI is InChI=1S/C19H27FN2O.ClH/c1-13-5-7-15-16(3-2-4-17(15)20)19(13)22-18(23)8-6-14-9-11-21-12-10-14;/h2-4,13-14,19,21H,5-12H2,1H3,(H,22,23);1H. The number of hydrogen-bond donors (Lipinski definition) is 2. The first kappa shape index (κ1) is 19.2. The van der Waals surface area contributed by atoms with Crippen LogP contribution < -0.4 is 10.6 Å². The summed E-state index contributed by atoms with van der Waals surface area (Å²) in [4.78, 5) is 12.4. The fourth-order valence-corrected chi connectivity index (χ4v) is 3.95. The summed E-state index contributed by atoms with van der Waals surface area (Å²) in [6.07, 6.45) is 5.57. The zero-order chi connectivity index (χ0) is 16.2. The van der Waals surface area contributed by atoms with Crippen LogP contribution in [0.2, 0.25) is 0 Å². The van der Waals surface area contributed by atoms with Crippen molar-refractivity contribution in [3.63, 3.8) is 0 Å². The van der Waals surface area contributed by atoms with Crippen LogP contribution >= 0.6 is 12.4 Å². The molecular weight excluding hydrogens is 327 g/mol. The van der Waals surface area contributed by atoms with Crippen LogP contribution in [0.5, 0.6) is 0 Å². The second kappa shape index (κ2) is 8.82. The third-order valence-electron chi connectivity index (χ3n) is 5.46. The molecule has 2 unspecified atom stereocenters. The lowest BCUT2D eigenvalue weighted by Crippen LogP contribution is -2.36. The number of halogens is 2. The molecule has 2 atom stereocenters. The number of amides is 1. The molecule has 0 radical (unpaired) electrons. The Kier molecular flexibility index (Phi) is 7.05. The van der Waals surface area contributed by atoms with Gasteiger partial charge in [-0.25, -0.2) is 4.39 Å². The van der Waals surface area contributed by atoms with Crippen molar-refractivity contribution in [1.29, 1.82) is 0 Å². The number of benzene rings is 1. The lowest BCUT2D eigenvalue weighted by molar-refractivity contribution is -0.122. The van der Waals surface area contributed by atoms with E-state index in [0.717, 1.165) is 43.5 Å². The first-order valence-corrected chi connectivity index (χ1v) is 8.92. The molecule has 5 heteroatoms. The third kappa shape index (κ3) is 4.48. The highest BCUT2D eigenvalue weighted by molar-refractivity contribution is 5.85. The van der Waals surface area contributed by atoms with Gasteiger partial charge in [0.2, 0.25) is 5.91 Å². The van der Waals surface area contributed by atoms with Gasteiger partial charge in [0.1, 0.15) is 5.82 Å². The van der Waals surface area contributed by atoms with Crippen LogP contribution in [0.25, 0.3) is 0 Å². The second-order valence-electron chi connectivity index (χ2n) is 7.10. The van der Waals surface area contributed by atoms with Gasteiger partial charge in [0.05, 0.1) is 6.04 Å². The zero-order valence-corrected chi connectivity index (χ0v) is 15.1. The fourth-order valence-electron chi connectivity index (χ4n) is 3.95. The molecule has 24 heavy (non-hydrogen) atoms. The van der Waals surface area contributed by atoms with Gasteiger partial charge in [0.15, 0.2) is 0 Å². The molecule has 3 nitrogen and oxygen atoms in total. The molecule has 1 aromatic rings. The summed E-state index contributed by atoms with van der Waals surface area (Å²) in [5.41, 5.74) is 1.76. The highest BCUT2D eigenvalue weighted by Crippen LogP contribution is 2.35. The van der Waals surface area contributed by atoms with Crippen LogP contribution in [-0.4, -0.2) is 19.0 Å². The number of fused-ring (bicyclic) bond motifs is 1. The Bertz CT molecular complexity index is 560. The van der Waals surface area contributed by atoms with Crippen LogP contribution in [0, 0.1) is 17.7 Å². The van der Waals surface area contributed by atoms with E-state index in [4.69, 9.17) is 0 Å². The van der Waals surface area contributed by atoms with E-state index < -0.39 is 0 Å². The second-order valence-corrected chi connectivity index (χ2v) is 7.10. The van der Waals surface area contributed by atoms with Gasteiger partial charge in [-0.15, -0.1) is 12.4 Å². The number of nitrogens with one attached hydrogen (secondary N) is 2. The van der Waals surface area contributed by atoms with E-state index in [9.17, 15) is 9.18 Å². The van der Waals surface area contributed by atoms with Crippen molar-refractivity contribution < 1.29 is 9.18 Å². The first-order valence-electron chi connectivity index (χ1n) is 8.92. The maximum Gasteiger partial charge on any atom is 0.220 e. The monoisotopic (exact) mass is 354 g/mol. The maximum atomic E-state index is 14.0. The molecule has 1 aliphatic carbocycles. The van der Waals surface area contributed by atoms with Crippen molar-refractivity contribution in [2.24, 2.45) is 11.8 Å². The fraction of sp³-hybridized carbons (Fsp3) is 0.632. The number of carbonyl (C=O) groups excluding carboxylic acids is 1. The number of carbonyl (C=O) groups is 1. The average Bonchev–Trinajstić information content (AvgIpc) is 2.57. The minimum absolute atomic E-state index is 0. The van der Waals surface area contributed by atoms with Crippen molar-refractivity contribution in [1.82, 2.24) is 10.6 Å². The van der Waals surface area contributed by atoms with Crippen LogP contribution in [-0.2, 0) is 11.2 Å². The predicted molar refractivity (Wildman–Crippen MR) is 96.8 cm³/mol. The minimum atomic E-state index is -0.136. The Labute approximate surface area is 150 Å². The van der Waals surface area contributed by atoms with Gasteiger partial charge >= 0.3 is 0 Å². The van der Waals surface area contributed by atoms with Gasteiger partial charge in [-0.05, 0) is 74.2 Å². The van der Waals surface area contributed by atoms with Gasteiger partial charge in [-0.1, -0.05) is 19.1 Å². The summed E-state index contributed by atoms with van der Waals surface area (Å²) in [7, 11) is 0. The Balaban J connectivity index is 0.00000208. The maximum absolute atomic E-state index is 14.0. The van der Waals surface area contributed by atoms with Crippen LogP contribution in [0.1, 0.15) is 56.2 Å². The molecule has 3 rings (SSSR count). The average molecular weight is 355 g/mol. The Morgan fingerprint density at radius 3 is 2.79 bits per heavy atom. The molecule has 1 aliphatic heterocycles. The molecule has 2 aliphatic rings. The third-order valence-corrected chi connectivity index (χ3v) is 5.46. The van der Waals surface area contributed by atoms with Crippen molar-refractivity contribution in [2.45, 2.75) is 51.5 Å². The summed E-state index contributed by atoms with van der Waals surface area (Å²) >= 11 is 0. The normalized spacial score (nSPS) is 23.9. The molecular formula is C19H28ClFN2O. The van der Waals surface area contributed by atoms with Crippen LogP contribution in [0.15, 0.2) is 18.2 Å². The van der Waals surface area contributed by atoms with Gasteiger partial charge < -0.3 is 10.6 Å². The largest absolute Gasteiger partial charge is 0.349 e. The Morgan fingerprint density at radius 2 is 2.04 bits per heavy atom. The predicted octanol–water partition coefficient (Wildman–Crippen LogP) is 3.77. The molecule has 1 fully saturated rings. The minimum Gasteiger partial charge on any atom is -0.349 e. The smallest absolute Gasteiger partial charge is 0.220 e. The summed E-state index contributed by atoms with van der Waals surface area (Å²) in [6.45, 7) is 4.28. The zero-order valence-electron chi connectivity index (χ0n) is 14.3. The summed E-state index contributed by atoms with van der Waals surface area (Å²) in [6, 6.07) is 5.19. The molecule has 134 valence electrons.